The van der Waals surface area contributed by atoms with Crippen LogP contribution in [0.3, 0.4) is 0 Å². The molecule has 1 aromatic carbocycles. The fraction of sp³-hybridized carbons (Fsp3) is 0.632. The zero-order valence-corrected chi connectivity index (χ0v) is 18.6. The Morgan fingerprint density at radius 1 is 1.08 bits per heavy atom. The minimum absolute atomic E-state index is 0.0173. The van der Waals surface area contributed by atoms with Crippen molar-refractivity contribution in [3.8, 4) is 0 Å². The van der Waals surface area contributed by atoms with Crippen molar-refractivity contribution in [1.82, 2.24) is 5.32 Å². The van der Waals surface area contributed by atoms with Gasteiger partial charge in [0.1, 0.15) is 6.54 Å². The highest BCUT2D eigenvalue weighted by molar-refractivity contribution is 8.00. The second-order valence-electron chi connectivity index (χ2n) is 8.38. The maximum Gasteiger partial charge on any atom is 0.240 e. The Bertz CT molecular complexity index is 700. The zero-order chi connectivity index (χ0) is 20.2. The number of anilines is 1. The molecule has 26 heavy (non-hydrogen) atoms. The van der Waals surface area contributed by atoms with E-state index < -0.39 is 10.0 Å². The van der Waals surface area contributed by atoms with Gasteiger partial charge in [-0.3, -0.25) is 9.10 Å². The van der Waals surface area contributed by atoms with Crippen LogP contribution in [0.1, 0.15) is 47.1 Å². The molecule has 0 radical (unpaired) electrons. The molecule has 0 atom stereocenters. The van der Waals surface area contributed by atoms with Crippen LogP contribution in [0.4, 0.5) is 5.69 Å². The van der Waals surface area contributed by atoms with E-state index in [1.807, 2.05) is 12.1 Å². The standard InChI is InChI=1S/C19H32N2O3S2/c1-18(2,3)15-8-10-16(11-9-15)21(26(7,23)24)14-17(22)20-12-13-25-19(4,5)6/h8-11H,12-14H2,1-7H3,(H,20,22). The number of nitrogens with zero attached hydrogens (tertiary/aromatic N) is 1. The molecule has 0 fully saturated rings. The van der Waals surface area contributed by atoms with E-state index in [0.29, 0.717) is 12.2 Å². The molecule has 148 valence electrons. The van der Waals surface area contributed by atoms with Crippen LogP contribution < -0.4 is 9.62 Å². The monoisotopic (exact) mass is 400 g/mol. The SMILES string of the molecule is CC(C)(C)SCCNC(=O)CN(c1ccc(C(C)(C)C)cc1)S(C)(=O)=O. The normalized spacial score (nSPS) is 12.7. The van der Waals surface area contributed by atoms with Gasteiger partial charge >= 0.3 is 0 Å². The molecule has 0 bridgehead atoms. The second kappa shape index (κ2) is 8.65. The first kappa shape index (κ1) is 22.8. The van der Waals surface area contributed by atoms with Gasteiger partial charge in [-0.05, 0) is 23.1 Å². The Morgan fingerprint density at radius 3 is 2.04 bits per heavy atom. The third-order valence-electron chi connectivity index (χ3n) is 3.67. The molecule has 0 heterocycles. The lowest BCUT2D eigenvalue weighted by atomic mass is 9.87. The summed E-state index contributed by atoms with van der Waals surface area (Å²) in [4.78, 5) is 12.2. The predicted octanol–water partition coefficient (Wildman–Crippen LogP) is 3.40. The van der Waals surface area contributed by atoms with E-state index in [2.05, 4.69) is 46.9 Å². The summed E-state index contributed by atoms with van der Waals surface area (Å²) in [5, 5.41) is 2.80. The molecule has 0 aliphatic heterocycles. The predicted molar refractivity (Wildman–Crippen MR) is 113 cm³/mol. The third kappa shape index (κ3) is 7.99. The molecule has 7 heteroatoms. The average Bonchev–Trinajstić information content (AvgIpc) is 2.46. The molecule has 0 saturated heterocycles. The number of carbonyl (C=O) groups is 1. The first-order chi connectivity index (χ1) is 11.7. The van der Waals surface area contributed by atoms with Gasteiger partial charge in [0.05, 0.1) is 11.9 Å². The first-order valence-electron chi connectivity index (χ1n) is 8.69. The van der Waals surface area contributed by atoms with E-state index >= 15 is 0 Å². The summed E-state index contributed by atoms with van der Waals surface area (Å²) in [6, 6.07) is 7.32. The lowest BCUT2D eigenvalue weighted by molar-refractivity contribution is -0.119. The van der Waals surface area contributed by atoms with Gasteiger partial charge in [-0.25, -0.2) is 8.42 Å². The van der Waals surface area contributed by atoms with Crippen molar-refractivity contribution < 1.29 is 13.2 Å². The van der Waals surface area contributed by atoms with E-state index in [9.17, 15) is 13.2 Å². The van der Waals surface area contributed by atoms with Crippen molar-refractivity contribution in [3.05, 3.63) is 29.8 Å². The van der Waals surface area contributed by atoms with Crippen LogP contribution in [0, 0.1) is 0 Å². The maximum absolute atomic E-state index is 12.2. The summed E-state index contributed by atoms with van der Waals surface area (Å²) in [6.45, 7) is 12.9. The molecular weight excluding hydrogens is 368 g/mol. The largest absolute Gasteiger partial charge is 0.354 e. The van der Waals surface area contributed by atoms with Crippen molar-refractivity contribution in [2.45, 2.75) is 51.7 Å². The summed E-state index contributed by atoms with van der Waals surface area (Å²) in [5.41, 5.74) is 1.59. The van der Waals surface area contributed by atoms with E-state index in [-0.39, 0.29) is 22.6 Å². The Morgan fingerprint density at radius 2 is 1.62 bits per heavy atom. The lowest BCUT2D eigenvalue weighted by Crippen LogP contribution is -2.41. The molecule has 0 aliphatic rings. The van der Waals surface area contributed by atoms with Crippen molar-refractivity contribution in [2.75, 3.05) is 29.4 Å². The topological polar surface area (TPSA) is 66.5 Å². The zero-order valence-electron chi connectivity index (χ0n) is 16.9. The maximum atomic E-state index is 12.2. The van der Waals surface area contributed by atoms with Gasteiger partial charge in [-0.15, -0.1) is 0 Å². The van der Waals surface area contributed by atoms with Crippen LogP contribution in [0.15, 0.2) is 24.3 Å². The first-order valence-corrected chi connectivity index (χ1v) is 11.5. The fourth-order valence-electron chi connectivity index (χ4n) is 2.26. The van der Waals surface area contributed by atoms with E-state index in [1.165, 1.54) is 0 Å². The van der Waals surface area contributed by atoms with Gasteiger partial charge in [-0.1, -0.05) is 53.7 Å². The molecule has 0 unspecified atom stereocenters. The van der Waals surface area contributed by atoms with Crippen LogP contribution in [0.5, 0.6) is 0 Å². The number of rotatable bonds is 7. The Kier molecular flexibility index (Phi) is 7.60. The average molecular weight is 401 g/mol. The second-order valence-corrected chi connectivity index (χ2v) is 12.2. The van der Waals surface area contributed by atoms with Crippen molar-refractivity contribution in [2.24, 2.45) is 0 Å². The van der Waals surface area contributed by atoms with E-state index in [1.54, 1.807) is 23.9 Å². The Hall–Kier alpha value is -1.21. The molecular formula is C19H32N2O3S2. The van der Waals surface area contributed by atoms with Crippen LogP contribution in [0.25, 0.3) is 0 Å². The van der Waals surface area contributed by atoms with Crippen LogP contribution in [-0.2, 0) is 20.2 Å². The number of sulfonamides is 1. The van der Waals surface area contributed by atoms with Gasteiger partial charge in [0.25, 0.3) is 0 Å². The summed E-state index contributed by atoms with van der Waals surface area (Å²) >= 11 is 1.75. The van der Waals surface area contributed by atoms with Crippen LogP contribution in [0.2, 0.25) is 0 Å². The molecule has 0 spiro atoms. The molecule has 1 amide bonds. The Balaban J connectivity index is 2.78. The molecule has 5 nitrogen and oxygen atoms in total. The highest BCUT2D eigenvalue weighted by atomic mass is 32.2. The van der Waals surface area contributed by atoms with Gasteiger partial charge in [0.15, 0.2) is 0 Å². The summed E-state index contributed by atoms with van der Waals surface area (Å²) in [6.07, 6.45) is 1.12. The molecule has 1 rings (SSSR count). The van der Waals surface area contributed by atoms with Gasteiger partial charge in [0.2, 0.25) is 15.9 Å². The number of hydrogen-bond donors (Lipinski definition) is 1. The van der Waals surface area contributed by atoms with E-state index in [0.717, 1.165) is 21.9 Å². The van der Waals surface area contributed by atoms with E-state index in [4.69, 9.17) is 0 Å². The molecule has 1 aromatic rings. The van der Waals surface area contributed by atoms with Crippen LogP contribution in [-0.4, -0.2) is 44.2 Å². The lowest BCUT2D eigenvalue weighted by Gasteiger charge is -2.24. The number of hydrogen-bond acceptors (Lipinski definition) is 4. The minimum atomic E-state index is -3.55. The molecule has 0 aromatic heterocycles. The van der Waals surface area contributed by atoms with Gasteiger partial charge in [0, 0.05) is 17.0 Å². The number of thioether (sulfide) groups is 1. The van der Waals surface area contributed by atoms with Gasteiger partial charge < -0.3 is 5.32 Å². The fourth-order valence-corrected chi connectivity index (χ4v) is 3.93. The summed E-state index contributed by atoms with van der Waals surface area (Å²) in [7, 11) is -3.55. The number of nitrogens with one attached hydrogen (secondary N) is 1. The molecule has 1 N–H and O–H groups in total. The smallest absolute Gasteiger partial charge is 0.240 e. The van der Waals surface area contributed by atoms with Crippen molar-refractivity contribution in [3.63, 3.8) is 0 Å². The van der Waals surface area contributed by atoms with Crippen molar-refractivity contribution in [1.29, 1.82) is 0 Å². The highest BCUT2D eigenvalue weighted by Gasteiger charge is 2.22. The quantitative estimate of drug-likeness (QED) is 0.713. The highest BCUT2D eigenvalue weighted by Crippen LogP contribution is 2.26. The van der Waals surface area contributed by atoms with Gasteiger partial charge in [-0.2, -0.15) is 11.8 Å². The Labute approximate surface area is 163 Å². The number of benzene rings is 1. The van der Waals surface area contributed by atoms with Crippen LogP contribution >= 0.6 is 11.8 Å². The molecule has 0 aliphatic carbocycles. The summed E-state index contributed by atoms with van der Waals surface area (Å²) < 4.78 is 25.6. The number of amides is 1. The molecule has 0 saturated carbocycles. The third-order valence-corrected chi connectivity index (χ3v) is 6.08. The van der Waals surface area contributed by atoms with Crippen molar-refractivity contribution >= 4 is 33.4 Å². The summed E-state index contributed by atoms with van der Waals surface area (Å²) in [5.74, 6) is 0.485. The minimum Gasteiger partial charge on any atom is -0.354 e. The number of carbonyl (C=O) groups excluding carboxylic acids is 1.